The molecule has 0 aromatic heterocycles. The van der Waals surface area contributed by atoms with E-state index in [-0.39, 0.29) is 53.3 Å². The average molecular weight is 567 g/mol. The first-order chi connectivity index (χ1) is 17.2. The highest BCUT2D eigenvalue weighted by Crippen LogP contribution is 2.72. The molecule has 5 fully saturated rings. The Morgan fingerprint density at radius 3 is 2.11 bits per heavy atom. The van der Waals surface area contributed by atoms with Crippen LogP contribution in [0.15, 0.2) is 17.0 Å². The maximum absolute atomic E-state index is 15.7. The van der Waals surface area contributed by atoms with Crippen LogP contribution in [0.25, 0.3) is 0 Å². The van der Waals surface area contributed by atoms with Crippen LogP contribution < -0.4 is 0 Å². The largest absolute Gasteiger partial charge is 0.507 e. The fourth-order valence-corrected chi connectivity index (χ4v) is 14.7. The lowest BCUT2D eigenvalue weighted by atomic mass is 9.65. The van der Waals surface area contributed by atoms with Gasteiger partial charge in [0.05, 0.1) is 6.10 Å². The van der Waals surface area contributed by atoms with Crippen molar-refractivity contribution in [1.82, 2.24) is 0 Å². The van der Waals surface area contributed by atoms with Crippen molar-refractivity contribution in [2.24, 2.45) is 41.4 Å². The Balaban J connectivity index is 1.30. The van der Waals surface area contributed by atoms with Crippen LogP contribution in [0, 0.1) is 55.3 Å². The van der Waals surface area contributed by atoms with Crippen molar-refractivity contribution < 1.29 is 39.8 Å². The van der Waals surface area contributed by atoms with E-state index in [2.05, 4.69) is 0 Å². The van der Waals surface area contributed by atoms with Gasteiger partial charge < -0.3 is 10.2 Å². The standard InChI is InChI=1S/C26H34F4O5S2/c1-13-7-17(8-14(2)24(13)32)36(5-3-4-6-36)35-37(33,34)26(29,30)25(27,28)20-11-15-9-18(20)23-19-10-16(22(15)23)12-21(19)31/h7-8,15-16,18-23,31-32H,3-6,9-12H2,1-2H3. The molecule has 2 N–H and O–H groups in total. The second-order valence-corrected chi connectivity index (χ2v) is 17.0. The lowest BCUT2D eigenvalue weighted by molar-refractivity contribution is -0.210. The molecule has 8 atom stereocenters. The number of aryl methyl sites for hydroxylation is 2. The van der Waals surface area contributed by atoms with Crippen LogP contribution in [0.4, 0.5) is 17.6 Å². The molecule has 0 amide bonds. The lowest BCUT2D eigenvalue weighted by Gasteiger charge is -2.44. The summed E-state index contributed by atoms with van der Waals surface area (Å²) in [5, 5.41) is 15.1. The molecule has 4 aliphatic carbocycles. The molecule has 1 saturated heterocycles. The number of phenols is 1. The quantitative estimate of drug-likeness (QED) is 0.339. The Morgan fingerprint density at radius 2 is 1.49 bits per heavy atom. The highest BCUT2D eigenvalue weighted by Gasteiger charge is 2.76. The summed E-state index contributed by atoms with van der Waals surface area (Å²) >= 11 is 0. The van der Waals surface area contributed by atoms with Gasteiger partial charge >= 0.3 is 21.3 Å². The number of benzene rings is 1. The molecular formula is C26H34F4O5S2. The molecule has 1 heterocycles. The van der Waals surface area contributed by atoms with E-state index in [1.165, 1.54) is 12.1 Å². The Hall–Kier alpha value is -1.04. The van der Waals surface area contributed by atoms with E-state index < -0.39 is 49.5 Å². The second-order valence-electron chi connectivity index (χ2n) is 12.1. The van der Waals surface area contributed by atoms with E-state index in [0.717, 1.165) is 6.42 Å². The number of aliphatic hydroxyl groups excluding tert-OH is 1. The lowest BCUT2D eigenvalue weighted by Crippen LogP contribution is -2.55. The molecule has 8 unspecified atom stereocenters. The first kappa shape index (κ1) is 26.2. The molecule has 0 radical (unpaired) electrons. The molecule has 11 heteroatoms. The van der Waals surface area contributed by atoms with Crippen molar-refractivity contribution in [3.05, 3.63) is 23.3 Å². The zero-order valence-electron chi connectivity index (χ0n) is 20.9. The topological polar surface area (TPSA) is 83.8 Å². The fraction of sp³-hybridized carbons (Fsp3) is 0.769. The summed E-state index contributed by atoms with van der Waals surface area (Å²) in [6.07, 6.45) is 2.16. The van der Waals surface area contributed by atoms with Crippen molar-refractivity contribution in [1.29, 1.82) is 0 Å². The first-order valence-corrected chi connectivity index (χ1v) is 16.5. The third-order valence-corrected chi connectivity index (χ3v) is 15.9. The van der Waals surface area contributed by atoms with E-state index in [0.29, 0.717) is 41.7 Å². The highest BCUT2D eigenvalue weighted by molar-refractivity contribution is 8.33. The summed E-state index contributed by atoms with van der Waals surface area (Å²) in [4.78, 5) is 0.374. The van der Waals surface area contributed by atoms with Crippen molar-refractivity contribution in [2.45, 2.75) is 74.5 Å². The van der Waals surface area contributed by atoms with Gasteiger partial charge in [0.15, 0.2) is 0 Å². The Labute approximate surface area is 216 Å². The van der Waals surface area contributed by atoms with E-state index in [1.807, 2.05) is 0 Å². The molecule has 0 spiro atoms. The van der Waals surface area contributed by atoms with E-state index in [9.17, 15) is 18.6 Å². The van der Waals surface area contributed by atoms with Gasteiger partial charge in [0.2, 0.25) is 0 Å². The number of hydrogen-bond acceptors (Lipinski definition) is 5. The Kier molecular flexibility index (Phi) is 5.83. The number of rotatable bonds is 6. The van der Waals surface area contributed by atoms with Gasteiger partial charge in [-0.3, -0.25) is 0 Å². The van der Waals surface area contributed by atoms with Crippen LogP contribution in [0.3, 0.4) is 0 Å². The number of aliphatic hydroxyl groups is 1. The van der Waals surface area contributed by atoms with Crippen molar-refractivity contribution in [3.63, 3.8) is 0 Å². The number of aromatic hydroxyl groups is 1. The Morgan fingerprint density at radius 1 is 0.919 bits per heavy atom. The van der Waals surface area contributed by atoms with E-state index >= 15 is 17.6 Å². The zero-order chi connectivity index (χ0) is 26.7. The predicted octanol–water partition coefficient (Wildman–Crippen LogP) is 5.74. The summed E-state index contributed by atoms with van der Waals surface area (Å²) in [5.74, 6) is -6.98. The van der Waals surface area contributed by atoms with Gasteiger partial charge in [0, 0.05) is 22.3 Å². The molecule has 1 aromatic rings. The third-order valence-electron chi connectivity index (χ3n) is 10.3. The second kappa shape index (κ2) is 8.24. The molecule has 5 aliphatic rings. The predicted molar refractivity (Wildman–Crippen MR) is 131 cm³/mol. The maximum atomic E-state index is 15.7. The molecule has 1 aromatic carbocycles. The van der Waals surface area contributed by atoms with Gasteiger partial charge in [-0.1, -0.05) is 10.3 Å². The molecule has 208 valence electrons. The fourth-order valence-electron chi connectivity index (χ4n) is 8.83. The molecule has 5 nitrogen and oxygen atoms in total. The summed E-state index contributed by atoms with van der Waals surface area (Å²) in [6, 6.07) is 3.04. The molecule has 37 heavy (non-hydrogen) atoms. The Bertz CT molecular complexity index is 1190. The molecule has 6 rings (SSSR count). The molecule has 1 aliphatic heterocycles. The number of fused-ring (bicyclic) bond motifs is 9. The minimum absolute atomic E-state index is 0.0105. The monoisotopic (exact) mass is 566 g/mol. The zero-order valence-corrected chi connectivity index (χ0v) is 22.5. The first-order valence-electron chi connectivity index (χ1n) is 13.2. The van der Waals surface area contributed by atoms with Crippen LogP contribution in [0.1, 0.15) is 49.7 Å². The van der Waals surface area contributed by atoms with Gasteiger partial charge in [-0.2, -0.15) is 26.0 Å². The minimum atomic E-state index is -6.00. The normalized spacial score (nSPS) is 39.3. The van der Waals surface area contributed by atoms with Gasteiger partial charge in [0.1, 0.15) is 5.75 Å². The minimum Gasteiger partial charge on any atom is -0.507 e. The highest BCUT2D eigenvalue weighted by atomic mass is 32.3. The van der Waals surface area contributed by atoms with Crippen molar-refractivity contribution in [2.75, 3.05) is 11.5 Å². The molecule has 4 bridgehead atoms. The van der Waals surface area contributed by atoms with Crippen molar-refractivity contribution >= 4 is 20.4 Å². The summed E-state index contributed by atoms with van der Waals surface area (Å²) in [7, 11) is -8.81. The summed E-state index contributed by atoms with van der Waals surface area (Å²) < 4.78 is 94.2. The number of alkyl halides is 4. The van der Waals surface area contributed by atoms with Gasteiger partial charge in [0.25, 0.3) is 0 Å². The van der Waals surface area contributed by atoms with E-state index in [1.54, 1.807) is 13.8 Å². The maximum Gasteiger partial charge on any atom is 0.432 e. The number of phenolic OH excluding ortho intramolecular Hbond substituents is 1. The molecular weight excluding hydrogens is 532 g/mol. The number of hydrogen-bond donors (Lipinski definition) is 2. The van der Waals surface area contributed by atoms with Crippen LogP contribution in [0.2, 0.25) is 0 Å². The third kappa shape index (κ3) is 3.51. The van der Waals surface area contributed by atoms with Crippen LogP contribution in [-0.4, -0.2) is 47.4 Å². The average Bonchev–Trinajstić information content (AvgIpc) is 3.61. The molecule has 4 saturated carbocycles. The van der Waals surface area contributed by atoms with Crippen LogP contribution >= 0.6 is 10.3 Å². The van der Waals surface area contributed by atoms with Crippen LogP contribution in [0.5, 0.6) is 5.75 Å². The van der Waals surface area contributed by atoms with Crippen LogP contribution in [-0.2, 0) is 13.7 Å². The SMILES string of the molecule is Cc1cc(S2(OS(=O)(=O)C(F)(F)C(F)(F)C3CC4CC3C3C5CC(CC5O)C43)CCCC2)cc(C)c1O. The van der Waals surface area contributed by atoms with Gasteiger partial charge in [-0.25, -0.2) is 3.63 Å². The summed E-state index contributed by atoms with van der Waals surface area (Å²) in [5.41, 5.74) is 0.882. The number of halogens is 4. The van der Waals surface area contributed by atoms with Gasteiger partial charge in [-0.05, 0) is 111 Å². The summed E-state index contributed by atoms with van der Waals surface area (Å²) in [6.45, 7) is 3.22. The van der Waals surface area contributed by atoms with Gasteiger partial charge in [-0.15, -0.1) is 0 Å². The van der Waals surface area contributed by atoms with Crippen molar-refractivity contribution in [3.8, 4) is 5.75 Å². The van der Waals surface area contributed by atoms with E-state index in [4.69, 9.17) is 3.63 Å². The smallest absolute Gasteiger partial charge is 0.432 e.